The first-order valence-corrected chi connectivity index (χ1v) is 22.3. The van der Waals surface area contributed by atoms with Crippen LogP contribution in [0.25, 0.3) is 92.2 Å². The first-order chi connectivity index (χ1) is 31.2. The van der Waals surface area contributed by atoms with Crippen molar-refractivity contribution in [2.75, 3.05) is 4.90 Å². The first-order valence-electron chi connectivity index (χ1n) is 21.5. The van der Waals surface area contributed by atoms with E-state index in [0.29, 0.717) is 0 Å². The largest absolute Gasteiger partial charge is 0.311 e. The molecular weight excluding hydrogens is 781 g/mol. The number of hydrogen-bond donors (Lipinski definition) is 0. The number of nitrogens with zero attached hydrogens (tertiary/aromatic N) is 2. The van der Waals surface area contributed by atoms with E-state index in [-0.39, 0.29) is 0 Å². The Bertz CT molecular complexity index is 3550. The van der Waals surface area contributed by atoms with Gasteiger partial charge in [0.05, 0.1) is 16.7 Å². The van der Waals surface area contributed by atoms with Gasteiger partial charge in [-0.15, -0.1) is 11.3 Å². The molecule has 296 valence electrons. The van der Waals surface area contributed by atoms with Gasteiger partial charge in [-0.2, -0.15) is 0 Å². The monoisotopic (exact) mass is 820 g/mol. The van der Waals surface area contributed by atoms with Crippen LogP contribution in [0.1, 0.15) is 0 Å². The fraction of sp³-hybridized carbons (Fsp3) is 0. The van der Waals surface area contributed by atoms with Crippen LogP contribution in [0.15, 0.2) is 243 Å². The van der Waals surface area contributed by atoms with E-state index in [0.717, 1.165) is 28.3 Å². The molecule has 0 N–H and O–H groups in total. The lowest BCUT2D eigenvalue weighted by Crippen LogP contribution is -2.10. The average Bonchev–Trinajstić information content (AvgIpc) is 3.90. The van der Waals surface area contributed by atoms with Crippen LogP contribution in [0.4, 0.5) is 17.1 Å². The topological polar surface area (TPSA) is 8.17 Å². The molecule has 12 aromatic rings. The van der Waals surface area contributed by atoms with Gasteiger partial charge in [0.2, 0.25) is 0 Å². The van der Waals surface area contributed by atoms with Crippen molar-refractivity contribution in [3.8, 4) is 50.2 Å². The molecule has 12 rings (SSSR count). The molecule has 0 aliphatic carbocycles. The van der Waals surface area contributed by atoms with Crippen molar-refractivity contribution < 1.29 is 0 Å². The van der Waals surface area contributed by atoms with E-state index in [1.54, 1.807) is 0 Å². The summed E-state index contributed by atoms with van der Waals surface area (Å²) in [5.41, 5.74) is 16.4. The zero-order chi connectivity index (χ0) is 41.7. The molecular formula is C60H40N2S. The van der Waals surface area contributed by atoms with Crippen molar-refractivity contribution in [1.29, 1.82) is 0 Å². The predicted octanol–water partition coefficient (Wildman–Crippen LogP) is 17.3. The summed E-state index contributed by atoms with van der Waals surface area (Å²) in [6, 6.07) is 88.3. The number of aromatic nitrogens is 1. The van der Waals surface area contributed by atoms with Crippen LogP contribution in [0.5, 0.6) is 0 Å². The lowest BCUT2D eigenvalue weighted by atomic mass is 9.94. The quantitative estimate of drug-likeness (QED) is 0.148. The van der Waals surface area contributed by atoms with Gasteiger partial charge in [-0.05, 0) is 106 Å². The Morgan fingerprint density at radius 1 is 0.286 bits per heavy atom. The van der Waals surface area contributed by atoms with Crippen LogP contribution in [-0.4, -0.2) is 4.57 Å². The second-order valence-electron chi connectivity index (χ2n) is 16.1. The van der Waals surface area contributed by atoms with Crippen molar-refractivity contribution in [2.45, 2.75) is 0 Å². The van der Waals surface area contributed by atoms with E-state index in [1.807, 2.05) is 11.3 Å². The van der Waals surface area contributed by atoms with E-state index < -0.39 is 0 Å². The zero-order valence-corrected chi connectivity index (χ0v) is 35.2. The van der Waals surface area contributed by atoms with Gasteiger partial charge in [0.15, 0.2) is 0 Å². The van der Waals surface area contributed by atoms with Gasteiger partial charge in [0.25, 0.3) is 0 Å². The normalized spacial score (nSPS) is 11.5. The Hall–Kier alpha value is -7.98. The summed E-state index contributed by atoms with van der Waals surface area (Å²) in [4.78, 5) is 2.37. The molecule has 0 saturated heterocycles. The van der Waals surface area contributed by atoms with Gasteiger partial charge < -0.3 is 9.47 Å². The highest BCUT2D eigenvalue weighted by Crippen LogP contribution is 2.42. The Kier molecular flexibility index (Phi) is 9.06. The van der Waals surface area contributed by atoms with Crippen LogP contribution in [0.2, 0.25) is 0 Å². The molecule has 0 bridgehead atoms. The van der Waals surface area contributed by atoms with Crippen LogP contribution < -0.4 is 4.90 Å². The molecule has 0 atom stereocenters. The second-order valence-corrected chi connectivity index (χ2v) is 17.2. The highest BCUT2D eigenvalue weighted by molar-refractivity contribution is 7.25. The number of rotatable bonds is 8. The first kappa shape index (κ1) is 36.8. The van der Waals surface area contributed by atoms with Crippen LogP contribution in [0, 0.1) is 0 Å². The molecule has 2 nitrogen and oxygen atoms in total. The van der Waals surface area contributed by atoms with Crippen molar-refractivity contribution in [3.63, 3.8) is 0 Å². The molecule has 0 radical (unpaired) electrons. The summed E-state index contributed by atoms with van der Waals surface area (Å²) < 4.78 is 5.05. The fourth-order valence-corrected chi connectivity index (χ4v) is 10.6. The number of fused-ring (bicyclic) bond motifs is 6. The predicted molar refractivity (Wildman–Crippen MR) is 270 cm³/mol. The number of benzene rings is 10. The Labute approximate surface area is 370 Å². The molecule has 0 saturated carbocycles. The molecule has 0 aliphatic rings. The molecule has 0 unspecified atom stereocenters. The maximum absolute atomic E-state index is 2.41. The van der Waals surface area contributed by atoms with E-state index in [9.17, 15) is 0 Å². The van der Waals surface area contributed by atoms with Crippen molar-refractivity contribution in [2.24, 2.45) is 0 Å². The highest BCUT2D eigenvalue weighted by atomic mass is 32.1. The smallest absolute Gasteiger partial charge is 0.0541 e. The number of thiophene rings is 1. The van der Waals surface area contributed by atoms with E-state index in [4.69, 9.17) is 0 Å². The minimum atomic E-state index is 1.09. The molecule has 2 aromatic heterocycles. The highest BCUT2D eigenvalue weighted by Gasteiger charge is 2.18. The van der Waals surface area contributed by atoms with Gasteiger partial charge in [-0.3, -0.25) is 0 Å². The summed E-state index contributed by atoms with van der Waals surface area (Å²) in [7, 11) is 0. The van der Waals surface area contributed by atoms with Gasteiger partial charge in [0, 0.05) is 53.6 Å². The molecule has 3 heteroatoms. The summed E-state index contributed by atoms with van der Waals surface area (Å²) in [6.45, 7) is 0. The molecule has 2 heterocycles. The minimum absolute atomic E-state index is 1.09. The molecule has 0 spiro atoms. The average molecular weight is 821 g/mol. The van der Waals surface area contributed by atoms with Crippen LogP contribution in [-0.2, 0) is 0 Å². The Morgan fingerprint density at radius 3 is 1.33 bits per heavy atom. The van der Waals surface area contributed by atoms with Crippen molar-refractivity contribution in [3.05, 3.63) is 243 Å². The number of para-hydroxylation sites is 3. The fourth-order valence-electron chi connectivity index (χ4n) is 9.43. The molecule has 0 aliphatic heterocycles. The van der Waals surface area contributed by atoms with Crippen LogP contribution in [0.3, 0.4) is 0 Å². The third-order valence-electron chi connectivity index (χ3n) is 12.4. The molecule has 63 heavy (non-hydrogen) atoms. The summed E-state index contributed by atoms with van der Waals surface area (Å²) in [6.07, 6.45) is 0. The lowest BCUT2D eigenvalue weighted by molar-refractivity contribution is 1.18. The molecule has 10 aromatic carbocycles. The van der Waals surface area contributed by atoms with E-state index in [1.165, 1.54) is 80.9 Å². The number of hydrogen-bond acceptors (Lipinski definition) is 2. The third kappa shape index (κ3) is 6.50. The minimum Gasteiger partial charge on any atom is -0.311 e. The van der Waals surface area contributed by atoms with Gasteiger partial charge in [0.1, 0.15) is 0 Å². The van der Waals surface area contributed by atoms with Gasteiger partial charge >= 0.3 is 0 Å². The van der Waals surface area contributed by atoms with E-state index >= 15 is 0 Å². The standard InChI is InChI=1S/C60H40N2S/c1-2-14-42(15-3-1)49-16-4-5-17-50(49)43-28-35-47(36-29-43)61(46-33-26-41(27-34-46)45-32-39-55-54-21-9-13-25-59(54)63-60(55)40-45)48-37-30-44(31-38-48)51-18-6-10-22-56(51)62-57-23-11-7-19-52(57)53-20-8-12-24-58(53)62/h1-40H. The SMILES string of the molecule is c1ccc(-c2ccccc2-c2ccc(N(c3ccc(-c4ccc5c(c4)sc4ccccc45)cc3)c3ccc(-c4ccccc4-n4c5ccccc5c5ccccc54)cc3)cc2)cc1. The van der Waals surface area contributed by atoms with Gasteiger partial charge in [-0.25, -0.2) is 0 Å². The van der Waals surface area contributed by atoms with Crippen LogP contribution >= 0.6 is 11.3 Å². The Morgan fingerprint density at radius 2 is 0.714 bits per heavy atom. The molecule has 0 fully saturated rings. The summed E-state index contributed by atoms with van der Waals surface area (Å²) in [5, 5.41) is 5.16. The van der Waals surface area contributed by atoms with Crippen molar-refractivity contribution >= 4 is 70.4 Å². The van der Waals surface area contributed by atoms with E-state index in [2.05, 4.69) is 252 Å². The third-order valence-corrected chi connectivity index (χ3v) is 13.6. The zero-order valence-electron chi connectivity index (χ0n) is 34.4. The number of anilines is 3. The van der Waals surface area contributed by atoms with Gasteiger partial charge in [-0.1, -0.05) is 176 Å². The lowest BCUT2D eigenvalue weighted by Gasteiger charge is -2.26. The molecule has 0 amide bonds. The Balaban J connectivity index is 0.942. The van der Waals surface area contributed by atoms with Crippen molar-refractivity contribution in [1.82, 2.24) is 4.57 Å². The summed E-state index contributed by atoms with van der Waals surface area (Å²) >= 11 is 1.86. The maximum Gasteiger partial charge on any atom is 0.0541 e. The second kappa shape index (κ2) is 15.5. The summed E-state index contributed by atoms with van der Waals surface area (Å²) in [5.74, 6) is 0. The maximum atomic E-state index is 2.41.